The van der Waals surface area contributed by atoms with Crippen LogP contribution in [0.15, 0.2) is 15.7 Å². The molecule has 0 unspecified atom stereocenters. The summed E-state index contributed by atoms with van der Waals surface area (Å²) in [7, 11) is 0. The number of hydrogen-bond donors (Lipinski definition) is 0. The second-order valence-corrected chi connectivity index (χ2v) is 5.63. The number of hydrogen-bond acceptors (Lipinski definition) is 2. The van der Waals surface area contributed by atoms with Gasteiger partial charge in [-0.2, -0.15) is 0 Å². The largest absolute Gasteiger partial charge is 0.137 e. The molecule has 0 N–H and O–H groups in total. The molecular weight excluding hydrogens is 172 g/mol. The van der Waals surface area contributed by atoms with Gasteiger partial charge in [0.25, 0.3) is 0 Å². The minimum absolute atomic E-state index is 0.310. The topological polar surface area (TPSA) is 0 Å². The van der Waals surface area contributed by atoms with Gasteiger partial charge in [0.15, 0.2) is 0 Å². The van der Waals surface area contributed by atoms with E-state index in [0.717, 1.165) is 0 Å². The standard InChI is InChI=1S/C9H14S2/c1-9(2,3)7-5-8(10-4)11-6-7/h5-6H,1-4H3. The van der Waals surface area contributed by atoms with Crippen molar-refractivity contribution in [1.29, 1.82) is 0 Å². The van der Waals surface area contributed by atoms with Gasteiger partial charge in [0.05, 0.1) is 4.21 Å². The van der Waals surface area contributed by atoms with Crippen LogP contribution in [0.5, 0.6) is 0 Å². The van der Waals surface area contributed by atoms with Gasteiger partial charge in [0, 0.05) is 0 Å². The fourth-order valence-electron chi connectivity index (χ4n) is 0.817. The van der Waals surface area contributed by atoms with E-state index < -0.39 is 0 Å². The van der Waals surface area contributed by atoms with E-state index in [1.807, 2.05) is 23.1 Å². The summed E-state index contributed by atoms with van der Waals surface area (Å²) in [5.74, 6) is 0. The lowest BCUT2D eigenvalue weighted by molar-refractivity contribution is 0.592. The van der Waals surface area contributed by atoms with Crippen molar-refractivity contribution >= 4 is 23.1 Å². The molecule has 0 bridgehead atoms. The summed E-state index contributed by atoms with van der Waals surface area (Å²) >= 11 is 3.66. The van der Waals surface area contributed by atoms with Gasteiger partial charge in [-0.3, -0.25) is 0 Å². The normalized spacial score (nSPS) is 12.0. The predicted octanol–water partition coefficient (Wildman–Crippen LogP) is 3.77. The van der Waals surface area contributed by atoms with Gasteiger partial charge in [-0.05, 0) is 28.7 Å². The van der Waals surface area contributed by atoms with E-state index in [4.69, 9.17) is 0 Å². The molecule has 0 aliphatic rings. The van der Waals surface area contributed by atoms with Crippen LogP contribution in [0.2, 0.25) is 0 Å². The van der Waals surface area contributed by atoms with Crippen LogP contribution in [-0.2, 0) is 5.41 Å². The molecule has 0 aliphatic carbocycles. The van der Waals surface area contributed by atoms with Crippen LogP contribution in [0.1, 0.15) is 26.3 Å². The van der Waals surface area contributed by atoms with E-state index in [0.29, 0.717) is 5.41 Å². The van der Waals surface area contributed by atoms with Crippen LogP contribution < -0.4 is 0 Å². The van der Waals surface area contributed by atoms with Gasteiger partial charge >= 0.3 is 0 Å². The smallest absolute Gasteiger partial charge is 0.0598 e. The molecule has 0 nitrogen and oxygen atoms in total. The maximum atomic E-state index is 2.29. The summed E-state index contributed by atoms with van der Waals surface area (Å²) in [5.41, 5.74) is 1.76. The molecule has 0 aromatic carbocycles. The summed E-state index contributed by atoms with van der Waals surface area (Å²) in [5, 5.41) is 2.26. The molecule has 0 atom stereocenters. The molecule has 11 heavy (non-hydrogen) atoms. The summed E-state index contributed by atoms with van der Waals surface area (Å²) in [4.78, 5) is 0. The number of thiophene rings is 1. The first-order chi connectivity index (χ1) is 5.04. The van der Waals surface area contributed by atoms with Crippen molar-refractivity contribution < 1.29 is 0 Å². The average molecular weight is 186 g/mol. The summed E-state index contributed by atoms with van der Waals surface area (Å²) in [6.07, 6.45) is 2.12. The van der Waals surface area contributed by atoms with Crippen molar-refractivity contribution in [2.75, 3.05) is 6.26 Å². The van der Waals surface area contributed by atoms with Gasteiger partial charge in [-0.15, -0.1) is 23.1 Å². The van der Waals surface area contributed by atoms with Crippen LogP contribution >= 0.6 is 23.1 Å². The van der Waals surface area contributed by atoms with Crippen LogP contribution in [0.25, 0.3) is 0 Å². The minimum atomic E-state index is 0.310. The second kappa shape index (κ2) is 3.20. The molecule has 0 aliphatic heterocycles. The first kappa shape index (κ1) is 9.14. The van der Waals surface area contributed by atoms with Crippen LogP contribution in [0.4, 0.5) is 0 Å². The van der Waals surface area contributed by atoms with Gasteiger partial charge in [-0.1, -0.05) is 20.8 Å². The van der Waals surface area contributed by atoms with Gasteiger partial charge in [0.2, 0.25) is 0 Å². The van der Waals surface area contributed by atoms with E-state index in [-0.39, 0.29) is 0 Å². The molecule has 2 heteroatoms. The number of thioether (sulfide) groups is 1. The van der Waals surface area contributed by atoms with Crippen molar-refractivity contribution in [2.24, 2.45) is 0 Å². The Bertz CT molecular complexity index is 230. The summed E-state index contributed by atoms with van der Waals surface area (Å²) in [6.45, 7) is 6.75. The molecule has 1 aromatic rings. The third kappa shape index (κ3) is 2.24. The molecule has 0 fully saturated rings. The van der Waals surface area contributed by atoms with E-state index in [9.17, 15) is 0 Å². The molecule has 1 aromatic heterocycles. The SMILES string of the molecule is CSc1cc(C(C)(C)C)cs1. The highest BCUT2D eigenvalue weighted by molar-refractivity contribution is 8.00. The zero-order valence-corrected chi connectivity index (χ0v) is 9.10. The van der Waals surface area contributed by atoms with Crippen LogP contribution in [0, 0.1) is 0 Å². The molecular formula is C9H14S2. The highest BCUT2D eigenvalue weighted by Crippen LogP contribution is 2.31. The Hall–Kier alpha value is 0.0500. The molecule has 0 radical (unpaired) electrons. The quantitative estimate of drug-likeness (QED) is 0.602. The zero-order chi connectivity index (χ0) is 8.48. The second-order valence-electron chi connectivity index (χ2n) is 3.61. The lowest BCUT2D eigenvalue weighted by Gasteiger charge is -2.15. The first-order valence-corrected chi connectivity index (χ1v) is 5.77. The minimum Gasteiger partial charge on any atom is -0.137 e. The Morgan fingerprint density at radius 1 is 1.36 bits per heavy atom. The maximum Gasteiger partial charge on any atom is 0.0598 e. The van der Waals surface area contributed by atoms with E-state index in [1.54, 1.807) is 0 Å². The highest BCUT2D eigenvalue weighted by Gasteiger charge is 2.14. The van der Waals surface area contributed by atoms with E-state index in [2.05, 4.69) is 38.5 Å². The van der Waals surface area contributed by atoms with Crippen LogP contribution in [0.3, 0.4) is 0 Å². The lowest BCUT2D eigenvalue weighted by Crippen LogP contribution is -2.08. The van der Waals surface area contributed by atoms with Crippen molar-refractivity contribution in [1.82, 2.24) is 0 Å². The van der Waals surface area contributed by atoms with Crippen LogP contribution in [-0.4, -0.2) is 6.26 Å². The Kier molecular flexibility index (Phi) is 2.66. The molecule has 0 spiro atoms. The van der Waals surface area contributed by atoms with Gasteiger partial charge in [-0.25, -0.2) is 0 Å². The van der Waals surface area contributed by atoms with Gasteiger partial charge < -0.3 is 0 Å². The van der Waals surface area contributed by atoms with E-state index >= 15 is 0 Å². The van der Waals surface area contributed by atoms with Crippen molar-refractivity contribution in [2.45, 2.75) is 30.4 Å². The Labute approximate surface area is 77.0 Å². The summed E-state index contributed by atoms with van der Waals surface area (Å²) in [6, 6.07) is 2.29. The summed E-state index contributed by atoms with van der Waals surface area (Å²) < 4.78 is 1.41. The Balaban J connectivity index is 2.89. The number of rotatable bonds is 1. The van der Waals surface area contributed by atoms with E-state index in [1.165, 1.54) is 9.77 Å². The predicted molar refractivity (Wildman–Crippen MR) is 54.8 cm³/mol. The highest BCUT2D eigenvalue weighted by atomic mass is 32.2. The molecule has 1 rings (SSSR count). The third-order valence-corrected chi connectivity index (χ3v) is 3.67. The molecule has 0 saturated carbocycles. The molecule has 0 amide bonds. The monoisotopic (exact) mass is 186 g/mol. The fourth-order valence-corrected chi connectivity index (χ4v) is 2.45. The molecule has 0 saturated heterocycles. The molecule has 1 heterocycles. The fraction of sp³-hybridized carbons (Fsp3) is 0.556. The Morgan fingerprint density at radius 2 is 2.00 bits per heavy atom. The lowest BCUT2D eigenvalue weighted by atomic mass is 9.90. The van der Waals surface area contributed by atoms with Crippen molar-refractivity contribution in [3.8, 4) is 0 Å². The third-order valence-electron chi connectivity index (χ3n) is 1.64. The van der Waals surface area contributed by atoms with Gasteiger partial charge in [0.1, 0.15) is 0 Å². The van der Waals surface area contributed by atoms with Crippen molar-refractivity contribution in [3.05, 3.63) is 17.0 Å². The molecule has 62 valence electrons. The zero-order valence-electron chi connectivity index (χ0n) is 7.47. The Morgan fingerprint density at radius 3 is 2.27 bits per heavy atom. The first-order valence-electron chi connectivity index (χ1n) is 3.67. The van der Waals surface area contributed by atoms with Crippen molar-refractivity contribution in [3.63, 3.8) is 0 Å². The average Bonchev–Trinajstić information content (AvgIpc) is 2.32. The maximum absolute atomic E-state index is 2.29.